The summed E-state index contributed by atoms with van der Waals surface area (Å²) in [7, 11) is 0. The fourth-order valence-corrected chi connectivity index (χ4v) is 2.55. The van der Waals surface area contributed by atoms with Gasteiger partial charge in [0.1, 0.15) is 0 Å². The van der Waals surface area contributed by atoms with Gasteiger partial charge in [0.05, 0.1) is 17.2 Å². The van der Waals surface area contributed by atoms with Crippen molar-refractivity contribution < 1.29 is 0 Å². The molecule has 2 heterocycles. The Kier molecular flexibility index (Phi) is 1.92. The van der Waals surface area contributed by atoms with Crippen molar-refractivity contribution >= 4 is 23.3 Å². The Bertz CT molecular complexity index is 550. The number of rotatable bonds is 2. The van der Waals surface area contributed by atoms with Crippen molar-refractivity contribution in [2.75, 3.05) is 0 Å². The lowest BCUT2D eigenvalue weighted by atomic mass is 10.2. The third kappa shape index (κ3) is 1.40. The SMILES string of the molecule is CC(C1CC1)n1c(=S)[nH]c2cnccc21. The summed E-state index contributed by atoms with van der Waals surface area (Å²) in [4.78, 5) is 7.30. The van der Waals surface area contributed by atoms with Gasteiger partial charge in [-0.2, -0.15) is 0 Å². The smallest absolute Gasteiger partial charge is 0.178 e. The predicted molar refractivity (Wildman–Crippen MR) is 62.4 cm³/mol. The van der Waals surface area contributed by atoms with Crippen LogP contribution in [0.25, 0.3) is 11.0 Å². The molecule has 1 aliphatic carbocycles. The molecule has 0 bridgehead atoms. The van der Waals surface area contributed by atoms with E-state index in [9.17, 15) is 0 Å². The molecular formula is C11H13N3S. The van der Waals surface area contributed by atoms with Crippen LogP contribution in [0.3, 0.4) is 0 Å². The summed E-state index contributed by atoms with van der Waals surface area (Å²) < 4.78 is 3.04. The molecule has 1 N–H and O–H groups in total. The first-order valence-electron chi connectivity index (χ1n) is 5.31. The van der Waals surface area contributed by atoms with Crippen molar-refractivity contribution in [2.24, 2.45) is 5.92 Å². The first-order chi connectivity index (χ1) is 7.27. The van der Waals surface area contributed by atoms with Crippen molar-refractivity contribution in [3.8, 4) is 0 Å². The van der Waals surface area contributed by atoms with Crippen molar-refractivity contribution in [2.45, 2.75) is 25.8 Å². The number of aromatic amines is 1. The van der Waals surface area contributed by atoms with E-state index in [2.05, 4.69) is 21.5 Å². The average Bonchev–Trinajstić information content (AvgIpc) is 3.00. The highest BCUT2D eigenvalue weighted by atomic mass is 32.1. The van der Waals surface area contributed by atoms with Gasteiger partial charge in [0.25, 0.3) is 0 Å². The molecule has 0 aliphatic heterocycles. The zero-order valence-corrected chi connectivity index (χ0v) is 9.42. The van der Waals surface area contributed by atoms with Gasteiger partial charge in [-0.05, 0) is 44.0 Å². The minimum absolute atomic E-state index is 0.508. The summed E-state index contributed by atoms with van der Waals surface area (Å²) in [6.07, 6.45) is 6.32. The quantitative estimate of drug-likeness (QED) is 0.787. The van der Waals surface area contributed by atoms with Crippen LogP contribution in [0.1, 0.15) is 25.8 Å². The molecular weight excluding hydrogens is 206 g/mol. The summed E-state index contributed by atoms with van der Waals surface area (Å²) >= 11 is 5.36. The highest BCUT2D eigenvalue weighted by Crippen LogP contribution is 2.40. The number of hydrogen-bond donors (Lipinski definition) is 1. The van der Waals surface area contributed by atoms with E-state index in [1.807, 2.05) is 18.5 Å². The van der Waals surface area contributed by atoms with Gasteiger partial charge in [-0.3, -0.25) is 4.98 Å². The van der Waals surface area contributed by atoms with Gasteiger partial charge < -0.3 is 9.55 Å². The molecule has 0 aromatic carbocycles. The van der Waals surface area contributed by atoms with Crippen molar-refractivity contribution in [1.29, 1.82) is 0 Å². The zero-order chi connectivity index (χ0) is 10.4. The molecule has 1 aliphatic rings. The molecule has 2 aromatic heterocycles. The molecule has 2 aromatic rings. The fourth-order valence-electron chi connectivity index (χ4n) is 2.17. The predicted octanol–water partition coefficient (Wildman–Crippen LogP) is 3.06. The third-order valence-electron chi connectivity index (χ3n) is 3.23. The van der Waals surface area contributed by atoms with Crippen LogP contribution in [0.15, 0.2) is 18.5 Å². The summed E-state index contributed by atoms with van der Waals surface area (Å²) in [6.45, 7) is 2.25. The van der Waals surface area contributed by atoms with Crippen molar-refractivity contribution in [3.05, 3.63) is 23.2 Å². The molecule has 3 rings (SSSR count). The molecule has 1 saturated carbocycles. The van der Waals surface area contributed by atoms with Crippen LogP contribution in [0.5, 0.6) is 0 Å². The monoisotopic (exact) mass is 219 g/mol. The molecule has 0 spiro atoms. The summed E-state index contributed by atoms with van der Waals surface area (Å²) in [6, 6.07) is 2.54. The lowest BCUT2D eigenvalue weighted by molar-refractivity contribution is 0.492. The first kappa shape index (κ1) is 9.09. The molecule has 0 radical (unpaired) electrons. The van der Waals surface area contributed by atoms with Gasteiger partial charge in [-0.1, -0.05) is 0 Å². The van der Waals surface area contributed by atoms with E-state index in [1.54, 1.807) is 0 Å². The Hall–Kier alpha value is -1.16. The Balaban J connectivity index is 2.23. The van der Waals surface area contributed by atoms with E-state index in [0.29, 0.717) is 6.04 Å². The molecule has 4 heteroatoms. The summed E-state index contributed by atoms with van der Waals surface area (Å²) in [5.41, 5.74) is 2.21. The van der Waals surface area contributed by atoms with Crippen LogP contribution in [0.4, 0.5) is 0 Å². The molecule has 0 saturated heterocycles. The van der Waals surface area contributed by atoms with Crippen LogP contribution in [-0.2, 0) is 0 Å². The summed E-state index contributed by atoms with van der Waals surface area (Å²) in [5, 5.41) is 0. The molecule has 1 unspecified atom stereocenters. The average molecular weight is 219 g/mol. The number of aromatic nitrogens is 3. The van der Waals surface area contributed by atoms with E-state index < -0.39 is 0 Å². The number of H-pyrrole nitrogens is 1. The largest absolute Gasteiger partial charge is 0.329 e. The molecule has 15 heavy (non-hydrogen) atoms. The Morgan fingerprint density at radius 3 is 3.13 bits per heavy atom. The van der Waals surface area contributed by atoms with Crippen LogP contribution < -0.4 is 0 Å². The van der Waals surface area contributed by atoms with Gasteiger partial charge >= 0.3 is 0 Å². The standard InChI is InChI=1S/C11H13N3S/c1-7(8-2-3-8)14-10-4-5-12-6-9(10)13-11(14)15/h4-8H,2-3H2,1H3,(H,13,15). The second-order valence-corrected chi connectivity index (χ2v) is 4.66. The number of nitrogens with zero attached hydrogens (tertiary/aromatic N) is 2. The lowest BCUT2D eigenvalue weighted by Crippen LogP contribution is -2.06. The maximum Gasteiger partial charge on any atom is 0.178 e. The van der Waals surface area contributed by atoms with E-state index in [1.165, 1.54) is 18.4 Å². The van der Waals surface area contributed by atoms with Crippen LogP contribution in [0.2, 0.25) is 0 Å². The van der Waals surface area contributed by atoms with Gasteiger partial charge in [-0.25, -0.2) is 0 Å². The minimum Gasteiger partial charge on any atom is -0.329 e. The Labute approximate surface area is 93.1 Å². The van der Waals surface area contributed by atoms with E-state index in [-0.39, 0.29) is 0 Å². The number of fused-ring (bicyclic) bond motifs is 1. The van der Waals surface area contributed by atoms with Crippen LogP contribution in [-0.4, -0.2) is 14.5 Å². The maximum absolute atomic E-state index is 5.36. The Morgan fingerprint density at radius 2 is 2.40 bits per heavy atom. The van der Waals surface area contributed by atoms with Gasteiger partial charge in [0, 0.05) is 12.2 Å². The lowest BCUT2D eigenvalue weighted by Gasteiger charge is -2.12. The second kappa shape index (κ2) is 3.17. The minimum atomic E-state index is 0.508. The molecule has 0 amide bonds. The first-order valence-corrected chi connectivity index (χ1v) is 5.72. The van der Waals surface area contributed by atoms with Gasteiger partial charge in [0.15, 0.2) is 4.77 Å². The van der Waals surface area contributed by atoms with E-state index in [4.69, 9.17) is 12.2 Å². The van der Waals surface area contributed by atoms with Gasteiger partial charge in [-0.15, -0.1) is 0 Å². The Morgan fingerprint density at radius 1 is 1.60 bits per heavy atom. The molecule has 1 atom stereocenters. The topological polar surface area (TPSA) is 33.6 Å². The maximum atomic E-state index is 5.36. The molecule has 3 nitrogen and oxygen atoms in total. The van der Waals surface area contributed by atoms with Gasteiger partial charge in [0.2, 0.25) is 0 Å². The van der Waals surface area contributed by atoms with Crippen molar-refractivity contribution in [1.82, 2.24) is 14.5 Å². The number of hydrogen-bond acceptors (Lipinski definition) is 2. The second-order valence-electron chi connectivity index (χ2n) is 4.27. The normalized spacial score (nSPS) is 18.2. The third-order valence-corrected chi connectivity index (χ3v) is 3.53. The van der Waals surface area contributed by atoms with E-state index >= 15 is 0 Å². The van der Waals surface area contributed by atoms with Crippen LogP contribution >= 0.6 is 12.2 Å². The van der Waals surface area contributed by atoms with Crippen LogP contribution in [0, 0.1) is 10.7 Å². The number of nitrogens with one attached hydrogen (secondary N) is 1. The molecule has 1 fully saturated rings. The fraction of sp³-hybridized carbons (Fsp3) is 0.455. The van der Waals surface area contributed by atoms with Crippen molar-refractivity contribution in [3.63, 3.8) is 0 Å². The summed E-state index contributed by atoms with van der Waals surface area (Å²) in [5.74, 6) is 0.809. The molecule has 78 valence electrons. The zero-order valence-electron chi connectivity index (χ0n) is 8.60. The highest BCUT2D eigenvalue weighted by Gasteiger charge is 2.30. The number of pyridine rings is 1. The van der Waals surface area contributed by atoms with E-state index in [0.717, 1.165) is 16.2 Å². The number of imidazole rings is 1. The highest BCUT2D eigenvalue weighted by molar-refractivity contribution is 7.71.